The maximum Gasteiger partial charge on any atom is 0.163 e. The first-order valence-corrected chi connectivity index (χ1v) is 16.8. The van der Waals surface area contributed by atoms with Crippen molar-refractivity contribution in [3.63, 3.8) is 0 Å². The number of carbonyl (C=O) groups is 2. The number of aryl methyl sites for hydroxylation is 1. The molecule has 240 valence electrons. The van der Waals surface area contributed by atoms with Crippen LogP contribution in [0.15, 0.2) is 71.1 Å². The smallest absolute Gasteiger partial charge is 0.163 e. The lowest BCUT2D eigenvalue weighted by molar-refractivity contribution is -0.119. The number of ketones is 2. The van der Waals surface area contributed by atoms with Crippen molar-refractivity contribution in [1.82, 2.24) is 20.0 Å². The predicted molar refractivity (Wildman–Crippen MR) is 184 cm³/mol. The summed E-state index contributed by atoms with van der Waals surface area (Å²) in [6, 6.07) is 15.5. The summed E-state index contributed by atoms with van der Waals surface area (Å²) in [7, 11) is 0. The first kappa shape index (κ1) is 30.2. The maximum atomic E-state index is 14.4. The highest BCUT2D eigenvalue weighted by Gasteiger charge is 2.48. The number of aromatic amines is 1. The van der Waals surface area contributed by atoms with Gasteiger partial charge in [0.05, 0.1) is 5.54 Å². The third-order valence-corrected chi connectivity index (χ3v) is 10.9. The first-order chi connectivity index (χ1) is 22.3. The zero-order chi connectivity index (χ0) is 33.0. The Balaban J connectivity index is 1.25. The SMILES string of the molecule is Cc1[nH]nc2c1C(c1cccc(Cl)c1)C1=C(CC(C)(n3nc4c(c3C)C(c3ccc(Cl)cc3)C3=C(CC(C)(C)CC3=O)N4)CC1=O)N2. The molecule has 0 fully saturated rings. The van der Waals surface area contributed by atoms with Gasteiger partial charge in [-0.25, -0.2) is 0 Å². The highest BCUT2D eigenvalue weighted by molar-refractivity contribution is 6.30. The van der Waals surface area contributed by atoms with E-state index in [1.807, 2.05) is 60.1 Å². The van der Waals surface area contributed by atoms with E-state index < -0.39 is 5.54 Å². The number of carbonyl (C=O) groups excluding carboxylic acids is 2. The minimum atomic E-state index is -0.678. The van der Waals surface area contributed by atoms with E-state index in [1.54, 1.807) is 0 Å². The fourth-order valence-corrected chi connectivity index (χ4v) is 8.80. The number of hydrogen-bond donors (Lipinski definition) is 3. The fourth-order valence-electron chi connectivity index (χ4n) is 8.47. The number of aromatic nitrogens is 4. The van der Waals surface area contributed by atoms with E-state index >= 15 is 0 Å². The number of anilines is 2. The van der Waals surface area contributed by atoms with Crippen LogP contribution >= 0.6 is 23.2 Å². The molecule has 3 unspecified atom stereocenters. The summed E-state index contributed by atoms with van der Waals surface area (Å²) < 4.78 is 2.02. The van der Waals surface area contributed by atoms with Gasteiger partial charge in [-0.05, 0) is 68.0 Å². The van der Waals surface area contributed by atoms with E-state index in [0.717, 1.165) is 74.2 Å². The van der Waals surface area contributed by atoms with Gasteiger partial charge >= 0.3 is 0 Å². The van der Waals surface area contributed by atoms with Crippen LogP contribution in [-0.4, -0.2) is 31.5 Å². The fraction of sp³-hybridized carbons (Fsp3) is 0.351. The number of nitrogens with zero attached hydrogens (tertiary/aromatic N) is 3. The normalized spacial score (nSPS) is 24.7. The molecule has 2 aliphatic heterocycles. The van der Waals surface area contributed by atoms with Crippen LogP contribution in [0.5, 0.6) is 0 Å². The molecule has 0 spiro atoms. The van der Waals surface area contributed by atoms with Gasteiger partial charge in [-0.3, -0.25) is 19.4 Å². The van der Waals surface area contributed by atoms with Crippen LogP contribution in [0, 0.1) is 19.3 Å². The molecule has 4 aliphatic rings. The Morgan fingerprint density at radius 1 is 0.766 bits per heavy atom. The highest BCUT2D eigenvalue weighted by Crippen LogP contribution is 2.53. The predicted octanol–water partition coefficient (Wildman–Crippen LogP) is 8.32. The van der Waals surface area contributed by atoms with Crippen LogP contribution in [0.2, 0.25) is 10.0 Å². The summed E-state index contributed by atoms with van der Waals surface area (Å²) in [4.78, 5) is 28.3. The number of halogens is 2. The summed E-state index contributed by atoms with van der Waals surface area (Å²) in [6.07, 6.45) is 2.04. The van der Waals surface area contributed by atoms with Crippen LogP contribution in [0.1, 0.15) is 91.9 Å². The third-order valence-electron chi connectivity index (χ3n) is 10.4. The second-order valence-electron chi connectivity index (χ2n) is 14.6. The topological polar surface area (TPSA) is 105 Å². The van der Waals surface area contributed by atoms with Gasteiger partial charge in [-0.2, -0.15) is 10.2 Å². The summed E-state index contributed by atoms with van der Waals surface area (Å²) in [5.41, 5.74) is 8.20. The number of Topliss-reactive ketones (excluding diaryl/α,β-unsaturated/α-hetero) is 2. The number of H-pyrrole nitrogens is 1. The summed E-state index contributed by atoms with van der Waals surface area (Å²) in [5.74, 6) is 1.09. The van der Waals surface area contributed by atoms with Gasteiger partial charge in [0.2, 0.25) is 0 Å². The van der Waals surface area contributed by atoms with Gasteiger partial charge in [-0.15, -0.1) is 0 Å². The van der Waals surface area contributed by atoms with Crippen molar-refractivity contribution >= 4 is 46.4 Å². The van der Waals surface area contributed by atoms with E-state index in [9.17, 15) is 9.59 Å². The Morgan fingerprint density at radius 2 is 1.43 bits per heavy atom. The zero-order valence-electron chi connectivity index (χ0n) is 27.0. The van der Waals surface area contributed by atoms with Crippen molar-refractivity contribution in [3.8, 4) is 0 Å². The van der Waals surface area contributed by atoms with Gasteiger partial charge < -0.3 is 10.6 Å². The average Bonchev–Trinajstić information content (AvgIpc) is 3.54. The molecule has 4 heterocycles. The standard InChI is InChI=1S/C37H36Cl2N6O2/c1-18-28-31(21-7-6-8-23(39)13-21)33-25(40-34(28)43-42-18)15-37(5,17-27(33)47)45-19(2)29-30(20-9-11-22(38)12-10-20)32-24(41-35(29)44-45)14-36(3,4)16-26(32)46/h6-13,30-31H,14-17H2,1-5H3,(H,41,44)(H2,40,42,43). The summed E-state index contributed by atoms with van der Waals surface area (Å²) in [5, 5.41) is 21.3. The molecule has 3 atom stereocenters. The molecular formula is C37H36Cl2N6O2. The molecule has 47 heavy (non-hydrogen) atoms. The average molecular weight is 668 g/mol. The molecule has 0 saturated heterocycles. The molecule has 10 heteroatoms. The van der Waals surface area contributed by atoms with Crippen molar-refractivity contribution in [1.29, 1.82) is 0 Å². The molecule has 8 rings (SSSR count). The number of nitrogens with one attached hydrogen (secondary N) is 3. The van der Waals surface area contributed by atoms with E-state index in [1.165, 1.54) is 0 Å². The number of benzene rings is 2. The van der Waals surface area contributed by atoms with Crippen LogP contribution in [-0.2, 0) is 15.1 Å². The number of fused-ring (bicyclic) bond motifs is 2. The minimum absolute atomic E-state index is 0.0573. The largest absolute Gasteiger partial charge is 0.342 e. The van der Waals surface area contributed by atoms with Gasteiger partial charge in [0, 0.05) is 86.2 Å². The monoisotopic (exact) mass is 666 g/mol. The van der Waals surface area contributed by atoms with Crippen molar-refractivity contribution in [2.45, 2.75) is 77.7 Å². The third kappa shape index (κ3) is 4.71. The Labute approximate surface area is 283 Å². The molecule has 4 aromatic rings. The van der Waals surface area contributed by atoms with E-state index in [0.29, 0.717) is 22.9 Å². The highest BCUT2D eigenvalue weighted by atomic mass is 35.5. The molecule has 0 bridgehead atoms. The number of allylic oxidation sites excluding steroid dienone is 4. The zero-order valence-corrected chi connectivity index (χ0v) is 28.5. The molecule has 2 aromatic carbocycles. The van der Waals surface area contributed by atoms with Gasteiger partial charge in [0.25, 0.3) is 0 Å². The quantitative estimate of drug-likeness (QED) is 0.203. The Morgan fingerprint density at radius 3 is 2.15 bits per heavy atom. The van der Waals surface area contributed by atoms with Gasteiger partial charge in [0.1, 0.15) is 0 Å². The molecule has 2 aliphatic carbocycles. The lowest BCUT2D eigenvalue weighted by Crippen LogP contribution is -2.42. The summed E-state index contributed by atoms with van der Waals surface area (Å²) >= 11 is 12.8. The van der Waals surface area contributed by atoms with Crippen molar-refractivity contribution < 1.29 is 9.59 Å². The lowest BCUT2D eigenvalue weighted by Gasteiger charge is -2.40. The molecule has 0 saturated carbocycles. The maximum absolute atomic E-state index is 14.4. The molecule has 3 N–H and O–H groups in total. The van der Waals surface area contributed by atoms with Crippen LogP contribution in [0.3, 0.4) is 0 Å². The molecule has 0 radical (unpaired) electrons. The Bertz CT molecular complexity index is 2080. The van der Waals surface area contributed by atoms with E-state index in [4.69, 9.17) is 28.3 Å². The Hall–Kier alpha value is -4.14. The molecule has 0 amide bonds. The van der Waals surface area contributed by atoms with Crippen LogP contribution in [0.4, 0.5) is 11.6 Å². The second kappa shape index (κ2) is 10.4. The summed E-state index contributed by atoms with van der Waals surface area (Å²) in [6.45, 7) is 10.4. The molecular weight excluding hydrogens is 631 g/mol. The van der Waals surface area contributed by atoms with Crippen LogP contribution < -0.4 is 10.6 Å². The van der Waals surface area contributed by atoms with Gasteiger partial charge in [-0.1, -0.05) is 61.3 Å². The second-order valence-corrected chi connectivity index (χ2v) is 15.5. The minimum Gasteiger partial charge on any atom is -0.342 e. The van der Waals surface area contributed by atoms with E-state index in [2.05, 4.69) is 48.5 Å². The number of rotatable bonds is 3. The van der Waals surface area contributed by atoms with Crippen molar-refractivity contribution in [2.24, 2.45) is 5.41 Å². The van der Waals surface area contributed by atoms with Crippen molar-refractivity contribution in [2.75, 3.05) is 10.6 Å². The number of hydrogen-bond acceptors (Lipinski definition) is 6. The molecule has 8 nitrogen and oxygen atoms in total. The van der Waals surface area contributed by atoms with Gasteiger partial charge in [0.15, 0.2) is 23.2 Å². The molecule has 2 aromatic heterocycles. The van der Waals surface area contributed by atoms with Crippen LogP contribution in [0.25, 0.3) is 0 Å². The van der Waals surface area contributed by atoms with E-state index in [-0.39, 0.29) is 35.2 Å². The first-order valence-electron chi connectivity index (χ1n) is 16.1. The Kier molecular flexibility index (Phi) is 6.70. The lowest BCUT2D eigenvalue weighted by atomic mass is 9.69. The van der Waals surface area contributed by atoms with Crippen molar-refractivity contribution in [3.05, 3.63) is 115 Å².